The largest absolute Gasteiger partial charge is 0.493 e. The molecular formula is C19H28N2O4. The van der Waals surface area contributed by atoms with E-state index in [0.29, 0.717) is 42.5 Å². The fourth-order valence-electron chi connectivity index (χ4n) is 2.52. The van der Waals surface area contributed by atoms with Gasteiger partial charge in [-0.3, -0.25) is 9.69 Å². The van der Waals surface area contributed by atoms with Gasteiger partial charge in [0, 0.05) is 31.6 Å². The van der Waals surface area contributed by atoms with Crippen LogP contribution >= 0.6 is 0 Å². The van der Waals surface area contributed by atoms with E-state index >= 15 is 0 Å². The third-order valence-electron chi connectivity index (χ3n) is 3.63. The Morgan fingerprint density at radius 3 is 2.60 bits per heavy atom. The third-order valence-corrected chi connectivity index (χ3v) is 3.63. The lowest BCUT2D eigenvalue weighted by Gasteiger charge is -2.26. The first-order valence-electron chi connectivity index (χ1n) is 8.46. The van der Waals surface area contributed by atoms with Gasteiger partial charge in [-0.1, -0.05) is 13.8 Å². The van der Waals surface area contributed by atoms with Crippen LogP contribution in [0.25, 0.3) is 0 Å². The minimum absolute atomic E-state index is 0.0493. The molecule has 1 atom stereocenters. The maximum absolute atomic E-state index is 11.4. The molecule has 138 valence electrons. The first-order chi connectivity index (χ1) is 11.9. The minimum Gasteiger partial charge on any atom is -0.493 e. The Morgan fingerprint density at radius 1 is 1.32 bits per heavy atom. The van der Waals surface area contributed by atoms with Gasteiger partial charge in [0.1, 0.15) is 12.7 Å². The zero-order chi connectivity index (χ0) is 18.8. The summed E-state index contributed by atoms with van der Waals surface area (Å²) in [6.07, 6.45) is -0.254. The van der Waals surface area contributed by atoms with Crippen molar-refractivity contribution < 1.29 is 19.4 Å². The molecule has 25 heavy (non-hydrogen) atoms. The Bertz CT molecular complexity index is 596. The first-order valence-corrected chi connectivity index (χ1v) is 8.46. The Labute approximate surface area is 150 Å². The number of hydrogen-bond donors (Lipinski definition) is 1. The average Bonchev–Trinajstić information content (AvgIpc) is 2.57. The molecule has 0 aliphatic carbocycles. The first kappa shape index (κ1) is 20.9. The van der Waals surface area contributed by atoms with Gasteiger partial charge in [0.05, 0.1) is 13.2 Å². The summed E-state index contributed by atoms with van der Waals surface area (Å²) >= 11 is 0. The highest BCUT2D eigenvalue weighted by molar-refractivity contribution is 5.94. The van der Waals surface area contributed by atoms with Gasteiger partial charge in [0.2, 0.25) is 0 Å². The molecule has 0 spiro atoms. The molecule has 0 saturated heterocycles. The second-order valence-corrected chi connectivity index (χ2v) is 6.45. The van der Waals surface area contributed by atoms with Crippen LogP contribution in [0.5, 0.6) is 11.5 Å². The quantitative estimate of drug-likeness (QED) is 0.619. The second-order valence-electron chi connectivity index (χ2n) is 6.45. The molecule has 1 N–H and O–H groups in total. The second kappa shape index (κ2) is 10.7. The van der Waals surface area contributed by atoms with Crippen LogP contribution in [0.15, 0.2) is 18.2 Å². The molecule has 0 aliphatic rings. The van der Waals surface area contributed by atoms with Crippen LogP contribution in [0.1, 0.15) is 37.6 Å². The van der Waals surface area contributed by atoms with Gasteiger partial charge in [0.25, 0.3) is 0 Å². The van der Waals surface area contributed by atoms with Gasteiger partial charge in [-0.15, -0.1) is 0 Å². The molecule has 0 saturated carbocycles. The lowest BCUT2D eigenvalue weighted by Crippen LogP contribution is -2.38. The molecule has 0 aliphatic heterocycles. The van der Waals surface area contributed by atoms with Crippen LogP contribution in [0.3, 0.4) is 0 Å². The van der Waals surface area contributed by atoms with E-state index in [1.54, 1.807) is 18.2 Å². The summed E-state index contributed by atoms with van der Waals surface area (Å²) in [5.74, 6) is 1.35. The topological polar surface area (TPSA) is 82.8 Å². The van der Waals surface area contributed by atoms with Crippen molar-refractivity contribution in [1.29, 1.82) is 5.26 Å². The molecule has 6 heteroatoms. The maximum Gasteiger partial charge on any atom is 0.161 e. The summed E-state index contributed by atoms with van der Waals surface area (Å²) in [7, 11) is 1.51. The van der Waals surface area contributed by atoms with E-state index in [1.165, 1.54) is 14.0 Å². The Kier molecular flexibility index (Phi) is 8.96. The Hall–Kier alpha value is -2.10. The molecule has 0 bridgehead atoms. The summed E-state index contributed by atoms with van der Waals surface area (Å²) in [5, 5.41) is 19.0. The highest BCUT2D eigenvalue weighted by Crippen LogP contribution is 2.28. The number of rotatable bonds is 11. The monoisotopic (exact) mass is 348 g/mol. The molecule has 0 fully saturated rings. The van der Waals surface area contributed by atoms with Crippen LogP contribution in [0.2, 0.25) is 0 Å². The zero-order valence-electron chi connectivity index (χ0n) is 15.5. The Morgan fingerprint density at radius 2 is 2.04 bits per heavy atom. The highest BCUT2D eigenvalue weighted by atomic mass is 16.5. The number of carbonyl (C=O) groups is 1. The van der Waals surface area contributed by atoms with E-state index < -0.39 is 6.10 Å². The SMILES string of the molecule is COc1cc(C(C)=O)ccc1OC[C@H](O)CN(CCC#N)CC(C)C. The summed E-state index contributed by atoms with van der Waals surface area (Å²) in [4.78, 5) is 13.5. The van der Waals surface area contributed by atoms with Crippen LogP contribution < -0.4 is 9.47 Å². The number of nitriles is 1. The number of ketones is 1. The number of nitrogens with zero attached hydrogens (tertiary/aromatic N) is 2. The smallest absolute Gasteiger partial charge is 0.161 e. The van der Waals surface area contributed by atoms with Crippen LogP contribution in [-0.2, 0) is 0 Å². The number of Topliss-reactive ketones (excluding diaryl/α,β-unsaturated/α-hetero) is 1. The van der Waals surface area contributed by atoms with Crippen molar-refractivity contribution in [2.45, 2.75) is 33.3 Å². The zero-order valence-corrected chi connectivity index (χ0v) is 15.5. The molecular weight excluding hydrogens is 320 g/mol. The van der Waals surface area contributed by atoms with E-state index in [-0.39, 0.29) is 12.4 Å². The number of benzene rings is 1. The number of hydrogen-bond acceptors (Lipinski definition) is 6. The summed E-state index contributed by atoms with van der Waals surface area (Å²) in [6.45, 7) is 7.68. The van der Waals surface area contributed by atoms with Crippen molar-refractivity contribution in [2.75, 3.05) is 33.4 Å². The van der Waals surface area contributed by atoms with Gasteiger partial charge in [-0.05, 0) is 31.0 Å². The van der Waals surface area contributed by atoms with Gasteiger partial charge in [0.15, 0.2) is 17.3 Å². The fraction of sp³-hybridized carbons (Fsp3) is 0.579. The van der Waals surface area contributed by atoms with Gasteiger partial charge in [-0.2, -0.15) is 5.26 Å². The number of aliphatic hydroxyl groups is 1. The summed E-state index contributed by atoms with van der Waals surface area (Å²) in [6, 6.07) is 7.10. The summed E-state index contributed by atoms with van der Waals surface area (Å²) in [5.41, 5.74) is 0.546. The van der Waals surface area contributed by atoms with Crippen molar-refractivity contribution in [1.82, 2.24) is 4.90 Å². The Balaban J connectivity index is 2.63. The third kappa shape index (κ3) is 7.55. The van der Waals surface area contributed by atoms with Crippen molar-refractivity contribution in [3.63, 3.8) is 0 Å². The van der Waals surface area contributed by atoms with Crippen LogP contribution in [0, 0.1) is 17.2 Å². The minimum atomic E-state index is -0.686. The van der Waals surface area contributed by atoms with E-state index in [0.717, 1.165) is 6.54 Å². The number of ether oxygens (including phenoxy) is 2. The van der Waals surface area contributed by atoms with Crippen molar-refractivity contribution in [3.8, 4) is 17.6 Å². The molecule has 0 heterocycles. The molecule has 1 rings (SSSR count). The molecule has 6 nitrogen and oxygen atoms in total. The lowest BCUT2D eigenvalue weighted by atomic mass is 10.1. The lowest BCUT2D eigenvalue weighted by molar-refractivity contribution is 0.0640. The normalized spacial score (nSPS) is 12.1. The maximum atomic E-state index is 11.4. The molecule has 0 unspecified atom stereocenters. The number of methoxy groups -OCH3 is 1. The highest BCUT2D eigenvalue weighted by Gasteiger charge is 2.15. The average molecular weight is 348 g/mol. The standard InChI is InChI=1S/C19H28N2O4/c1-14(2)11-21(9-5-8-20)12-17(23)13-25-18-7-6-16(15(3)22)10-19(18)24-4/h6-7,10,14,17,23H,5,9,11-13H2,1-4H3/t17-/m1/s1. The predicted octanol–water partition coefficient (Wildman–Crippen LogP) is 2.51. The van der Waals surface area contributed by atoms with E-state index in [4.69, 9.17) is 14.7 Å². The number of carbonyl (C=O) groups excluding carboxylic acids is 1. The number of aliphatic hydroxyl groups excluding tert-OH is 1. The fourth-order valence-corrected chi connectivity index (χ4v) is 2.52. The van der Waals surface area contributed by atoms with Crippen molar-refractivity contribution in [2.24, 2.45) is 5.92 Å². The van der Waals surface area contributed by atoms with Gasteiger partial charge in [-0.25, -0.2) is 0 Å². The van der Waals surface area contributed by atoms with E-state index in [2.05, 4.69) is 24.8 Å². The van der Waals surface area contributed by atoms with Gasteiger partial charge >= 0.3 is 0 Å². The molecule has 1 aromatic carbocycles. The van der Waals surface area contributed by atoms with E-state index in [1.807, 2.05) is 0 Å². The van der Waals surface area contributed by atoms with Crippen molar-refractivity contribution in [3.05, 3.63) is 23.8 Å². The molecule has 1 aromatic rings. The van der Waals surface area contributed by atoms with Gasteiger partial charge < -0.3 is 14.6 Å². The van der Waals surface area contributed by atoms with Crippen LogP contribution in [0.4, 0.5) is 0 Å². The predicted molar refractivity (Wildman–Crippen MR) is 96.0 cm³/mol. The molecule has 0 radical (unpaired) electrons. The summed E-state index contributed by atoms with van der Waals surface area (Å²) < 4.78 is 10.9. The van der Waals surface area contributed by atoms with Crippen molar-refractivity contribution >= 4 is 5.78 Å². The van der Waals surface area contributed by atoms with E-state index in [9.17, 15) is 9.90 Å². The molecule has 0 amide bonds. The molecule has 0 aromatic heterocycles. The van der Waals surface area contributed by atoms with Crippen LogP contribution in [-0.4, -0.2) is 55.2 Å².